The summed E-state index contributed by atoms with van der Waals surface area (Å²) in [5, 5.41) is 14.2. The highest BCUT2D eigenvalue weighted by Crippen LogP contribution is 2.44. The quantitative estimate of drug-likeness (QED) is 0.620. The highest BCUT2D eigenvalue weighted by molar-refractivity contribution is 5.97. The van der Waals surface area contributed by atoms with E-state index in [1.54, 1.807) is 0 Å². The Balaban J connectivity index is 1.28. The van der Waals surface area contributed by atoms with Gasteiger partial charge in [0.05, 0.1) is 13.2 Å². The van der Waals surface area contributed by atoms with Crippen molar-refractivity contribution >= 4 is 18.0 Å². The van der Waals surface area contributed by atoms with E-state index in [0.717, 1.165) is 22.3 Å². The van der Waals surface area contributed by atoms with Gasteiger partial charge in [0.1, 0.15) is 6.61 Å². The van der Waals surface area contributed by atoms with Gasteiger partial charge in [-0.1, -0.05) is 54.5 Å². The van der Waals surface area contributed by atoms with Crippen LogP contribution < -0.4 is 10.6 Å². The van der Waals surface area contributed by atoms with Gasteiger partial charge in [-0.3, -0.25) is 4.79 Å². The summed E-state index contributed by atoms with van der Waals surface area (Å²) in [5.74, 6) is 2.82. The monoisotopic (exact) mass is 434 g/mol. The van der Waals surface area contributed by atoms with Crippen LogP contribution in [-0.4, -0.2) is 55.0 Å². The SMILES string of the molecule is O=C(C#CCNC(=O)OCC1c2ccccc2-c2ccccc21)NC1(C(=O)O)CCOC1. The lowest BCUT2D eigenvalue weighted by atomic mass is 9.98. The first-order valence-corrected chi connectivity index (χ1v) is 10.2. The van der Waals surface area contributed by atoms with Crippen molar-refractivity contribution in [1.29, 1.82) is 0 Å². The minimum atomic E-state index is -1.45. The highest BCUT2D eigenvalue weighted by Gasteiger charge is 2.43. The Morgan fingerprint density at radius 1 is 1.09 bits per heavy atom. The topological polar surface area (TPSA) is 114 Å². The molecule has 4 rings (SSSR count). The molecule has 0 aromatic heterocycles. The van der Waals surface area contributed by atoms with E-state index in [0.29, 0.717) is 0 Å². The van der Waals surface area contributed by atoms with E-state index in [9.17, 15) is 19.5 Å². The number of carbonyl (C=O) groups is 3. The molecule has 1 heterocycles. The predicted molar refractivity (Wildman–Crippen MR) is 115 cm³/mol. The molecule has 8 heteroatoms. The number of ether oxygens (including phenoxy) is 2. The summed E-state index contributed by atoms with van der Waals surface area (Å²) in [6, 6.07) is 16.1. The summed E-state index contributed by atoms with van der Waals surface area (Å²) < 4.78 is 10.5. The third-order valence-corrected chi connectivity index (χ3v) is 5.65. The summed E-state index contributed by atoms with van der Waals surface area (Å²) >= 11 is 0. The third-order valence-electron chi connectivity index (χ3n) is 5.65. The van der Waals surface area contributed by atoms with Gasteiger partial charge in [0.15, 0.2) is 5.54 Å². The zero-order valence-corrected chi connectivity index (χ0v) is 17.2. The summed E-state index contributed by atoms with van der Waals surface area (Å²) in [7, 11) is 0. The van der Waals surface area contributed by atoms with Crippen LogP contribution in [0, 0.1) is 11.8 Å². The van der Waals surface area contributed by atoms with Crippen LogP contribution >= 0.6 is 0 Å². The number of benzene rings is 2. The predicted octanol–water partition coefficient (Wildman–Crippen LogP) is 1.89. The minimum Gasteiger partial charge on any atom is -0.479 e. The molecule has 0 saturated carbocycles. The van der Waals surface area contributed by atoms with E-state index in [-0.39, 0.29) is 38.7 Å². The van der Waals surface area contributed by atoms with Crippen LogP contribution in [0.1, 0.15) is 23.5 Å². The Bertz CT molecular complexity index is 1070. The van der Waals surface area contributed by atoms with Crippen molar-refractivity contribution in [1.82, 2.24) is 10.6 Å². The van der Waals surface area contributed by atoms with Gasteiger partial charge < -0.3 is 25.2 Å². The molecule has 164 valence electrons. The first-order chi connectivity index (χ1) is 15.5. The number of amides is 2. The molecule has 1 saturated heterocycles. The fraction of sp³-hybridized carbons (Fsp3) is 0.292. The van der Waals surface area contributed by atoms with E-state index in [1.165, 1.54) is 0 Å². The smallest absolute Gasteiger partial charge is 0.407 e. The second-order valence-electron chi connectivity index (χ2n) is 7.62. The number of hydrogen-bond donors (Lipinski definition) is 3. The van der Waals surface area contributed by atoms with Crippen molar-refractivity contribution in [3.63, 3.8) is 0 Å². The molecule has 0 radical (unpaired) electrons. The van der Waals surface area contributed by atoms with Gasteiger partial charge in [0.25, 0.3) is 5.91 Å². The second kappa shape index (κ2) is 9.12. The first-order valence-electron chi connectivity index (χ1n) is 10.2. The van der Waals surface area contributed by atoms with Crippen LogP contribution in [-0.2, 0) is 19.1 Å². The lowest BCUT2D eigenvalue weighted by Gasteiger charge is -2.21. The van der Waals surface area contributed by atoms with Crippen LogP contribution in [0.4, 0.5) is 4.79 Å². The van der Waals surface area contributed by atoms with Crippen molar-refractivity contribution in [2.45, 2.75) is 17.9 Å². The standard InChI is InChI=1S/C24H22N2O6/c27-21(26-24(22(28)29)11-13-31-15-24)10-5-12-25-23(30)32-14-20-18-8-3-1-6-16(18)17-7-2-4-9-19(17)20/h1-4,6-9,20H,11-15H2,(H,25,30)(H,26,27)(H,28,29). The van der Waals surface area contributed by atoms with Crippen LogP contribution in [0.3, 0.4) is 0 Å². The third kappa shape index (κ3) is 4.29. The largest absolute Gasteiger partial charge is 0.479 e. The molecular weight excluding hydrogens is 412 g/mol. The molecular formula is C24H22N2O6. The maximum Gasteiger partial charge on any atom is 0.407 e. The lowest BCUT2D eigenvalue weighted by molar-refractivity contribution is -0.146. The fourth-order valence-electron chi connectivity index (χ4n) is 4.02. The summed E-state index contributed by atoms with van der Waals surface area (Å²) in [4.78, 5) is 35.4. The molecule has 1 unspecified atom stereocenters. The van der Waals surface area contributed by atoms with Crippen LogP contribution in [0.25, 0.3) is 11.1 Å². The van der Waals surface area contributed by atoms with E-state index in [4.69, 9.17) is 9.47 Å². The molecule has 2 aromatic carbocycles. The number of fused-ring (bicyclic) bond motifs is 3. The zero-order valence-electron chi connectivity index (χ0n) is 17.2. The number of aliphatic carboxylic acids is 1. The number of rotatable bonds is 5. The molecule has 3 N–H and O–H groups in total. The Hall–Kier alpha value is -3.83. The summed E-state index contributed by atoms with van der Waals surface area (Å²) in [6.07, 6.45) is -0.471. The molecule has 0 bridgehead atoms. The van der Waals surface area contributed by atoms with Gasteiger partial charge in [-0.25, -0.2) is 9.59 Å². The van der Waals surface area contributed by atoms with Gasteiger partial charge in [-0.05, 0) is 28.2 Å². The molecule has 1 fully saturated rings. The highest BCUT2D eigenvalue weighted by atomic mass is 16.5. The molecule has 1 aliphatic carbocycles. The van der Waals surface area contributed by atoms with Crippen LogP contribution in [0.2, 0.25) is 0 Å². The maximum absolute atomic E-state index is 12.1. The summed E-state index contributed by atoms with van der Waals surface area (Å²) in [5.41, 5.74) is 3.05. The molecule has 2 aliphatic rings. The van der Waals surface area contributed by atoms with Crippen LogP contribution in [0.15, 0.2) is 48.5 Å². The van der Waals surface area contributed by atoms with E-state index < -0.39 is 23.5 Å². The number of alkyl carbamates (subject to hydrolysis) is 1. The average molecular weight is 434 g/mol. The second-order valence-corrected chi connectivity index (χ2v) is 7.62. The number of carboxylic acid groups (broad SMARTS) is 1. The molecule has 32 heavy (non-hydrogen) atoms. The molecule has 1 atom stereocenters. The number of nitrogens with one attached hydrogen (secondary N) is 2. The molecule has 0 spiro atoms. The Kier molecular flexibility index (Phi) is 6.10. The van der Waals surface area contributed by atoms with Crippen molar-refractivity contribution in [3.8, 4) is 23.0 Å². The number of carboxylic acids is 1. The average Bonchev–Trinajstić information content (AvgIpc) is 3.39. The number of hydrogen-bond acceptors (Lipinski definition) is 5. The maximum atomic E-state index is 12.1. The fourth-order valence-corrected chi connectivity index (χ4v) is 4.02. The molecule has 1 aliphatic heterocycles. The molecule has 2 amide bonds. The van der Waals surface area contributed by atoms with Crippen molar-refractivity contribution in [2.24, 2.45) is 0 Å². The normalized spacial score (nSPS) is 18.6. The van der Waals surface area contributed by atoms with E-state index in [2.05, 4.69) is 34.6 Å². The van der Waals surface area contributed by atoms with E-state index >= 15 is 0 Å². The van der Waals surface area contributed by atoms with Gasteiger partial charge in [0.2, 0.25) is 0 Å². The van der Waals surface area contributed by atoms with Gasteiger partial charge in [0, 0.05) is 18.9 Å². The van der Waals surface area contributed by atoms with Crippen molar-refractivity contribution in [2.75, 3.05) is 26.4 Å². The van der Waals surface area contributed by atoms with Gasteiger partial charge in [-0.15, -0.1) is 0 Å². The first kappa shape index (κ1) is 21.4. The Labute approximate surface area is 184 Å². The van der Waals surface area contributed by atoms with Gasteiger partial charge >= 0.3 is 12.1 Å². The van der Waals surface area contributed by atoms with Gasteiger partial charge in [-0.2, -0.15) is 0 Å². The van der Waals surface area contributed by atoms with Crippen molar-refractivity contribution < 1.29 is 29.0 Å². The minimum absolute atomic E-state index is 0.0501. The Morgan fingerprint density at radius 3 is 2.34 bits per heavy atom. The van der Waals surface area contributed by atoms with Crippen molar-refractivity contribution in [3.05, 3.63) is 59.7 Å². The van der Waals surface area contributed by atoms with E-state index in [1.807, 2.05) is 36.4 Å². The zero-order chi connectivity index (χ0) is 22.6. The molecule has 8 nitrogen and oxygen atoms in total. The molecule has 2 aromatic rings. The lowest BCUT2D eigenvalue weighted by Crippen LogP contribution is -2.54. The number of carbonyl (C=O) groups excluding carboxylic acids is 2. The van der Waals surface area contributed by atoms with Crippen LogP contribution in [0.5, 0.6) is 0 Å². The summed E-state index contributed by atoms with van der Waals surface area (Å²) in [6.45, 7) is 0.215. The Morgan fingerprint density at radius 2 is 1.75 bits per heavy atom.